The molecule has 0 fully saturated rings. The number of hydrogen-bond acceptors (Lipinski definition) is 2. The van der Waals surface area contributed by atoms with Gasteiger partial charge >= 0.3 is 0 Å². The van der Waals surface area contributed by atoms with Gasteiger partial charge in [0, 0.05) is 12.4 Å². The molecule has 1 aromatic rings. The first-order valence-electron chi connectivity index (χ1n) is 6.49. The third-order valence-corrected chi connectivity index (χ3v) is 3.38. The molecule has 0 heterocycles. The molecule has 1 amide bonds. The molecule has 2 N–H and O–H groups in total. The zero-order valence-electron chi connectivity index (χ0n) is 11.8. The monoisotopic (exact) mass is 283 g/mol. The Morgan fingerprint density at radius 3 is 2.74 bits per heavy atom. The Morgan fingerprint density at radius 1 is 1.42 bits per heavy atom. The van der Waals surface area contributed by atoms with Crippen LogP contribution in [0.3, 0.4) is 0 Å². The zero-order chi connectivity index (χ0) is 14.5. The summed E-state index contributed by atoms with van der Waals surface area (Å²) in [7, 11) is 0. The minimum Gasteiger partial charge on any atom is -0.507 e. The zero-order valence-corrected chi connectivity index (χ0v) is 12.5. The van der Waals surface area contributed by atoms with Crippen LogP contribution in [-0.4, -0.2) is 23.4 Å². The van der Waals surface area contributed by atoms with Crippen molar-refractivity contribution in [3.63, 3.8) is 0 Å². The van der Waals surface area contributed by atoms with Crippen LogP contribution >= 0.6 is 11.6 Å². The van der Waals surface area contributed by atoms with E-state index in [9.17, 15) is 9.90 Å². The number of carbonyl (C=O) groups excluding carboxylic acids is 1. The number of benzene rings is 1. The predicted octanol–water partition coefficient (Wildman–Crippen LogP) is 3.48. The second-order valence-electron chi connectivity index (χ2n) is 5.66. The molecule has 3 nitrogen and oxygen atoms in total. The van der Waals surface area contributed by atoms with Crippen LogP contribution in [0.2, 0.25) is 0 Å². The van der Waals surface area contributed by atoms with Crippen LogP contribution < -0.4 is 5.32 Å². The van der Waals surface area contributed by atoms with Gasteiger partial charge in [0.05, 0.1) is 5.56 Å². The van der Waals surface area contributed by atoms with Crippen molar-refractivity contribution in [1.82, 2.24) is 5.32 Å². The summed E-state index contributed by atoms with van der Waals surface area (Å²) in [5.74, 6) is 0.414. The first-order valence-corrected chi connectivity index (χ1v) is 7.03. The number of phenols is 1. The van der Waals surface area contributed by atoms with Crippen molar-refractivity contribution >= 4 is 17.5 Å². The minimum atomic E-state index is -0.236. The molecule has 0 unspecified atom stereocenters. The molecule has 1 aromatic carbocycles. The highest BCUT2D eigenvalue weighted by atomic mass is 35.5. The standard InChI is InChI=1S/C15H22ClNO2/c1-11-5-6-13(18)12(9-11)14(19)17-10-15(2,3)7-4-8-16/h5-6,9,18H,4,7-8,10H2,1-3H3,(H,17,19). The van der Waals surface area contributed by atoms with Gasteiger partial charge in [-0.3, -0.25) is 4.79 Å². The highest BCUT2D eigenvalue weighted by Gasteiger charge is 2.19. The van der Waals surface area contributed by atoms with Crippen LogP contribution in [0.5, 0.6) is 5.75 Å². The Hall–Kier alpha value is -1.22. The fraction of sp³-hybridized carbons (Fsp3) is 0.533. The number of carbonyl (C=O) groups is 1. The van der Waals surface area contributed by atoms with Crippen LogP contribution in [0.1, 0.15) is 42.6 Å². The smallest absolute Gasteiger partial charge is 0.255 e. The quantitative estimate of drug-likeness (QED) is 0.785. The van der Waals surface area contributed by atoms with Gasteiger partial charge in [-0.05, 0) is 37.3 Å². The number of halogens is 1. The number of phenolic OH excluding ortho intramolecular Hbond substituents is 1. The summed E-state index contributed by atoms with van der Waals surface area (Å²) in [4.78, 5) is 12.0. The summed E-state index contributed by atoms with van der Waals surface area (Å²) in [5.41, 5.74) is 1.28. The first-order chi connectivity index (χ1) is 8.85. The molecular formula is C15H22ClNO2. The Labute approximate surface area is 120 Å². The van der Waals surface area contributed by atoms with Gasteiger partial charge in [-0.1, -0.05) is 25.5 Å². The Bertz CT molecular complexity index is 444. The number of amides is 1. The van der Waals surface area contributed by atoms with Gasteiger partial charge in [0.25, 0.3) is 5.91 Å². The maximum Gasteiger partial charge on any atom is 0.255 e. The third-order valence-electron chi connectivity index (χ3n) is 3.11. The second kappa shape index (κ2) is 6.80. The van der Waals surface area contributed by atoms with Gasteiger partial charge < -0.3 is 10.4 Å². The van der Waals surface area contributed by atoms with Gasteiger partial charge in [0.2, 0.25) is 0 Å². The average molecular weight is 284 g/mol. The van der Waals surface area contributed by atoms with Gasteiger partial charge in [-0.15, -0.1) is 11.6 Å². The third kappa shape index (κ3) is 5.11. The van der Waals surface area contributed by atoms with Crippen molar-refractivity contribution in [2.24, 2.45) is 5.41 Å². The molecule has 0 saturated heterocycles. The number of hydrogen-bond donors (Lipinski definition) is 2. The summed E-state index contributed by atoms with van der Waals surface area (Å²) in [6.07, 6.45) is 1.89. The summed E-state index contributed by atoms with van der Waals surface area (Å²) >= 11 is 5.68. The molecular weight excluding hydrogens is 262 g/mol. The summed E-state index contributed by atoms with van der Waals surface area (Å²) in [5, 5.41) is 12.6. The number of aryl methyl sites for hydroxylation is 1. The average Bonchev–Trinajstić information content (AvgIpc) is 2.36. The topological polar surface area (TPSA) is 49.3 Å². The molecule has 0 radical (unpaired) electrons. The van der Waals surface area contributed by atoms with Crippen LogP contribution in [0.15, 0.2) is 18.2 Å². The lowest BCUT2D eigenvalue weighted by atomic mass is 9.88. The predicted molar refractivity (Wildman–Crippen MR) is 78.9 cm³/mol. The first kappa shape index (κ1) is 15.8. The molecule has 106 valence electrons. The van der Waals surface area contributed by atoms with E-state index < -0.39 is 0 Å². The maximum absolute atomic E-state index is 12.0. The Balaban J connectivity index is 2.62. The Morgan fingerprint density at radius 2 is 2.11 bits per heavy atom. The lowest BCUT2D eigenvalue weighted by Crippen LogP contribution is -2.34. The molecule has 0 spiro atoms. The van der Waals surface area contributed by atoms with Gasteiger partial charge in [-0.2, -0.15) is 0 Å². The molecule has 4 heteroatoms. The molecule has 0 atom stereocenters. The fourth-order valence-corrected chi connectivity index (χ4v) is 2.01. The van der Waals surface area contributed by atoms with Gasteiger partial charge in [0.1, 0.15) is 5.75 Å². The molecule has 0 aliphatic carbocycles. The largest absolute Gasteiger partial charge is 0.507 e. The molecule has 19 heavy (non-hydrogen) atoms. The molecule has 0 aliphatic rings. The number of aromatic hydroxyl groups is 1. The van der Waals surface area contributed by atoms with Crippen molar-refractivity contribution in [1.29, 1.82) is 0 Å². The molecule has 1 rings (SSSR count). The van der Waals surface area contributed by atoms with Crippen LogP contribution in [-0.2, 0) is 0 Å². The fourth-order valence-electron chi connectivity index (χ4n) is 1.88. The van der Waals surface area contributed by atoms with Crippen LogP contribution in [0, 0.1) is 12.3 Å². The summed E-state index contributed by atoms with van der Waals surface area (Å²) in [6.45, 7) is 6.64. The number of rotatable bonds is 6. The van der Waals surface area contributed by atoms with E-state index in [1.54, 1.807) is 18.2 Å². The summed E-state index contributed by atoms with van der Waals surface area (Å²) in [6, 6.07) is 5.01. The molecule has 0 saturated carbocycles. The van der Waals surface area contributed by atoms with E-state index in [-0.39, 0.29) is 17.1 Å². The van der Waals surface area contributed by atoms with E-state index in [4.69, 9.17) is 11.6 Å². The highest BCUT2D eigenvalue weighted by molar-refractivity contribution is 6.17. The van der Waals surface area contributed by atoms with Crippen molar-refractivity contribution in [3.05, 3.63) is 29.3 Å². The SMILES string of the molecule is Cc1ccc(O)c(C(=O)NCC(C)(C)CCCCl)c1. The maximum atomic E-state index is 12.0. The second-order valence-corrected chi connectivity index (χ2v) is 6.04. The van der Waals surface area contributed by atoms with Crippen molar-refractivity contribution < 1.29 is 9.90 Å². The number of alkyl halides is 1. The molecule has 0 bridgehead atoms. The van der Waals surface area contributed by atoms with E-state index in [0.29, 0.717) is 18.0 Å². The van der Waals surface area contributed by atoms with Crippen molar-refractivity contribution in [2.75, 3.05) is 12.4 Å². The normalized spacial score (nSPS) is 11.4. The minimum absolute atomic E-state index is 0.00396. The van der Waals surface area contributed by atoms with Gasteiger partial charge in [0.15, 0.2) is 0 Å². The van der Waals surface area contributed by atoms with Gasteiger partial charge in [-0.25, -0.2) is 0 Å². The van der Waals surface area contributed by atoms with E-state index in [1.165, 1.54) is 0 Å². The lowest BCUT2D eigenvalue weighted by Gasteiger charge is -2.24. The van der Waals surface area contributed by atoms with E-state index in [1.807, 2.05) is 6.92 Å². The Kier molecular flexibility index (Phi) is 5.67. The van der Waals surface area contributed by atoms with E-state index >= 15 is 0 Å². The van der Waals surface area contributed by atoms with Crippen LogP contribution in [0.25, 0.3) is 0 Å². The highest BCUT2D eigenvalue weighted by Crippen LogP contribution is 2.22. The molecule has 0 aromatic heterocycles. The van der Waals surface area contributed by atoms with E-state index in [0.717, 1.165) is 18.4 Å². The van der Waals surface area contributed by atoms with Crippen molar-refractivity contribution in [3.8, 4) is 5.75 Å². The van der Waals surface area contributed by atoms with Crippen molar-refractivity contribution in [2.45, 2.75) is 33.6 Å². The lowest BCUT2D eigenvalue weighted by molar-refractivity contribution is 0.0931. The van der Waals surface area contributed by atoms with E-state index in [2.05, 4.69) is 19.2 Å². The molecule has 0 aliphatic heterocycles. The summed E-state index contributed by atoms with van der Waals surface area (Å²) < 4.78 is 0. The number of nitrogens with one attached hydrogen (secondary N) is 1. The van der Waals surface area contributed by atoms with Crippen LogP contribution in [0.4, 0.5) is 0 Å².